The van der Waals surface area contributed by atoms with Gasteiger partial charge in [-0.15, -0.1) is 0 Å². The molecule has 0 bridgehead atoms. The van der Waals surface area contributed by atoms with Gasteiger partial charge in [0, 0.05) is 23.2 Å². The van der Waals surface area contributed by atoms with Crippen LogP contribution in [0, 0.1) is 11.3 Å². The summed E-state index contributed by atoms with van der Waals surface area (Å²) in [6.07, 6.45) is 0. The maximum Gasteiger partial charge on any atom is 0.258 e. The van der Waals surface area contributed by atoms with Crippen molar-refractivity contribution in [3.63, 3.8) is 0 Å². The van der Waals surface area contributed by atoms with Crippen LogP contribution in [-0.4, -0.2) is 39.8 Å². The van der Waals surface area contributed by atoms with Gasteiger partial charge in [0.25, 0.3) is 5.91 Å². The Hall–Kier alpha value is -3.14. The predicted molar refractivity (Wildman–Crippen MR) is 108 cm³/mol. The molecule has 29 heavy (non-hydrogen) atoms. The SMILES string of the molecule is CCN(O)CC1=C(N2Cc3ccccc3C2=O)c2cc(C#N)ccc2OC1(C)C. The fourth-order valence-corrected chi connectivity index (χ4v) is 3.96. The molecule has 0 aromatic heterocycles. The van der Waals surface area contributed by atoms with E-state index in [-0.39, 0.29) is 12.5 Å². The summed E-state index contributed by atoms with van der Waals surface area (Å²) < 4.78 is 6.24. The van der Waals surface area contributed by atoms with E-state index in [0.717, 1.165) is 11.1 Å². The molecule has 0 aliphatic carbocycles. The molecule has 0 atom stereocenters. The van der Waals surface area contributed by atoms with Crippen molar-refractivity contribution in [2.24, 2.45) is 0 Å². The molecular formula is C23H23N3O3. The van der Waals surface area contributed by atoms with Crippen LogP contribution in [0.3, 0.4) is 0 Å². The molecule has 2 heterocycles. The van der Waals surface area contributed by atoms with Gasteiger partial charge in [-0.3, -0.25) is 4.79 Å². The number of carbonyl (C=O) groups is 1. The van der Waals surface area contributed by atoms with Crippen LogP contribution in [0.15, 0.2) is 48.0 Å². The van der Waals surface area contributed by atoms with Gasteiger partial charge >= 0.3 is 0 Å². The van der Waals surface area contributed by atoms with Gasteiger partial charge < -0.3 is 14.8 Å². The summed E-state index contributed by atoms with van der Waals surface area (Å²) in [6, 6.07) is 15.0. The second kappa shape index (κ2) is 7.03. The number of benzene rings is 2. The minimum absolute atomic E-state index is 0.0832. The lowest BCUT2D eigenvalue weighted by Crippen LogP contribution is -2.42. The fourth-order valence-electron chi connectivity index (χ4n) is 3.96. The van der Waals surface area contributed by atoms with E-state index in [9.17, 15) is 15.3 Å². The van der Waals surface area contributed by atoms with Crippen molar-refractivity contribution >= 4 is 11.6 Å². The van der Waals surface area contributed by atoms with E-state index in [1.54, 1.807) is 23.1 Å². The highest BCUT2D eigenvalue weighted by Gasteiger charge is 2.41. The van der Waals surface area contributed by atoms with Gasteiger partial charge in [0.2, 0.25) is 0 Å². The molecule has 2 aromatic rings. The van der Waals surface area contributed by atoms with Gasteiger partial charge in [-0.1, -0.05) is 25.1 Å². The molecule has 2 aliphatic rings. The lowest BCUT2D eigenvalue weighted by Gasteiger charge is -2.40. The Balaban J connectivity index is 1.94. The maximum absolute atomic E-state index is 13.3. The summed E-state index contributed by atoms with van der Waals surface area (Å²) in [4.78, 5) is 15.0. The number of nitrogens with zero attached hydrogens (tertiary/aromatic N) is 3. The summed E-state index contributed by atoms with van der Waals surface area (Å²) in [5, 5.41) is 20.9. The summed E-state index contributed by atoms with van der Waals surface area (Å²) in [6.45, 7) is 6.83. The molecule has 0 radical (unpaired) electrons. The van der Waals surface area contributed by atoms with E-state index in [1.165, 1.54) is 5.06 Å². The zero-order valence-electron chi connectivity index (χ0n) is 16.8. The monoisotopic (exact) mass is 389 g/mol. The Morgan fingerprint density at radius 3 is 2.69 bits per heavy atom. The minimum Gasteiger partial charge on any atom is -0.483 e. The van der Waals surface area contributed by atoms with Gasteiger partial charge in [-0.05, 0) is 43.7 Å². The topological polar surface area (TPSA) is 76.8 Å². The van der Waals surface area contributed by atoms with E-state index in [0.29, 0.717) is 41.2 Å². The third-order valence-electron chi connectivity index (χ3n) is 5.54. The van der Waals surface area contributed by atoms with E-state index >= 15 is 0 Å². The first-order chi connectivity index (χ1) is 13.9. The molecule has 0 saturated carbocycles. The van der Waals surface area contributed by atoms with Crippen LogP contribution in [0.4, 0.5) is 0 Å². The van der Waals surface area contributed by atoms with Gasteiger partial charge in [0.05, 0.1) is 30.4 Å². The number of nitriles is 1. The lowest BCUT2D eigenvalue weighted by molar-refractivity contribution is -0.0829. The molecule has 2 aliphatic heterocycles. The van der Waals surface area contributed by atoms with Crippen LogP contribution < -0.4 is 4.74 Å². The Morgan fingerprint density at radius 2 is 2.00 bits per heavy atom. The number of fused-ring (bicyclic) bond motifs is 2. The van der Waals surface area contributed by atoms with Crippen molar-refractivity contribution in [3.05, 3.63) is 70.3 Å². The number of hydrogen-bond acceptors (Lipinski definition) is 5. The molecule has 6 heteroatoms. The number of rotatable bonds is 4. The molecular weight excluding hydrogens is 366 g/mol. The van der Waals surface area contributed by atoms with Crippen LogP contribution in [0.2, 0.25) is 0 Å². The highest BCUT2D eigenvalue weighted by molar-refractivity contribution is 6.04. The van der Waals surface area contributed by atoms with E-state index in [1.807, 2.05) is 45.0 Å². The first kappa shape index (κ1) is 19.2. The molecule has 0 saturated heterocycles. The van der Waals surface area contributed by atoms with Crippen LogP contribution in [0.25, 0.3) is 5.70 Å². The Morgan fingerprint density at radius 1 is 1.24 bits per heavy atom. The largest absolute Gasteiger partial charge is 0.483 e. The van der Waals surface area contributed by atoms with Crippen molar-refractivity contribution in [3.8, 4) is 11.8 Å². The van der Waals surface area contributed by atoms with Crippen LogP contribution in [-0.2, 0) is 6.54 Å². The van der Waals surface area contributed by atoms with E-state index in [4.69, 9.17) is 4.74 Å². The standard InChI is InChI=1S/C23H23N3O3/c1-4-25(28)14-19-21(26-13-16-7-5-6-8-17(16)22(26)27)18-11-15(12-24)9-10-20(18)29-23(19,2)3/h5-11,28H,4,13-14H2,1-3H3. The van der Waals surface area contributed by atoms with Crippen molar-refractivity contribution in [2.75, 3.05) is 13.1 Å². The Labute approximate surface area is 170 Å². The zero-order valence-corrected chi connectivity index (χ0v) is 16.8. The third-order valence-corrected chi connectivity index (χ3v) is 5.54. The number of carbonyl (C=O) groups excluding carboxylic acids is 1. The second-order valence-electron chi connectivity index (χ2n) is 7.79. The van der Waals surface area contributed by atoms with Gasteiger partial charge in [0.15, 0.2) is 0 Å². The summed E-state index contributed by atoms with van der Waals surface area (Å²) >= 11 is 0. The highest BCUT2D eigenvalue weighted by Crippen LogP contribution is 2.45. The van der Waals surface area contributed by atoms with E-state index in [2.05, 4.69) is 6.07 Å². The minimum atomic E-state index is -0.734. The molecule has 0 spiro atoms. The fraction of sp³-hybridized carbons (Fsp3) is 0.304. The van der Waals surface area contributed by atoms with Crippen molar-refractivity contribution < 1.29 is 14.7 Å². The molecule has 0 unspecified atom stereocenters. The van der Waals surface area contributed by atoms with Crippen molar-refractivity contribution in [1.82, 2.24) is 9.96 Å². The molecule has 148 valence electrons. The average Bonchev–Trinajstić information content (AvgIpc) is 3.04. The first-order valence-corrected chi connectivity index (χ1v) is 9.66. The average molecular weight is 389 g/mol. The van der Waals surface area contributed by atoms with E-state index < -0.39 is 5.60 Å². The predicted octanol–water partition coefficient (Wildman–Crippen LogP) is 3.81. The Kier molecular flexibility index (Phi) is 4.65. The molecule has 6 nitrogen and oxygen atoms in total. The van der Waals surface area contributed by atoms with Crippen molar-refractivity contribution in [1.29, 1.82) is 5.26 Å². The quantitative estimate of drug-likeness (QED) is 0.805. The zero-order chi connectivity index (χ0) is 20.8. The second-order valence-corrected chi connectivity index (χ2v) is 7.79. The number of amides is 1. The number of hydroxylamine groups is 2. The number of likely N-dealkylation sites (N-methyl/N-ethyl adjacent to an activating group) is 1. The lowest BCUT2D eigenvalue weighted by atomic mass is 9.88. The molecule has 1 N–H and O–H groups in total. The number of hydrogen-bond donors (Lipinski definition) is 1. The number of ether oxygens (including phenoxy) is 1. The highest BCUT2D eigenvalue weighted by atomic mass is 16.5. The van der Waals surface area contributed by atoms with Crippen LogP contribution in [0.5, 0.6) is 5.75 Å². The van der Waals surface area contributed by atoms with Crippen LogP contribution >= 0.6 is 0 Å². The summed E-state index contributed by atoms with van der Waals surface area (Å²) in [5.41, 5.74) is 3.60. The normalized spacial score (nSPS) is 17.1. The Bertz CT molecular complexity index is 1070. The maximum atomic E-state index is 13.3. The first-order valence-electron chi connectivity index (χ1n) is 9.66. The molecule has 1 amide bonds. The molecule has 2 aromatic carbocycles. The van der Waals surface area contributed by atoms with Gasteiger partial charge in [-0.2, -0.15) is 10.3 Å². The smallest absolute Gasteiger partial charge is 0.258 e. The van der Waals surface area contributed by atoms with Crippen molar-refractivity contribution in [2.45, 2.75) is 32.9 Å². The molecule has 0 fully saturated rings. The van der Waals surface area contributed by atoms with Gasteiger partial charge in [0.1, 0.15) is 11.4 Å². The molecule has 4 rings (SSSR count). The summed E-state index contributed by atoms with van der Waals surface area (Å²) in [7, 11) is 0. The van der Waals surface area contributed by atoms with Gasteiger partial charge in [-0.25, -0.2) is 0 Å². The third kappa shape index (κ3) is 3.19. The summed E-state index contributed by atoms with van der Waals surface area (Å²) in [5.74, 6) is 0.539. The van der Waals surface area contributed by atoms with Crippen LogP contribution in [0.1, 0.15) is 47.8 Å².